The number of hydrogen-bond acceptors (Lipinski definition) is 5. The van der Waals surface area contributed by atoms with Crippen LogP contribution in [0.3, 0.4) is 0 Å². The van der Waals surface area contributed by atoms with Crippen molar-refractivity contribution in [2.75, 3.05) is 40.0 Å². The Morgan fingerprint density at radius 2 is 2.27 bits per heavy atom. The van der Waals surface area contributed by atoms with Crippen molar-refractivity contribution in [1.82, 2.24) is 5.32 Å². The van der Waals surface area contributed by atoms with Gasteiger partial charge in [-0.2, -0.15) is 0 Å². The van der Waals surface area contributed by atoms with E-state index in [9.17, 15) is 4.79 Å². The molecule has 0 rings (SSSR count). The Morgan fingerprint density at radius 3 is 2.93 bits per heavy atom. The van der Waals surface area contributed by atoms with Crippen molar-refractivity contribution in [3.05, 3.63) is 10.4 Å². The molecule has 7 heteroatoms. The number of esters is 1. The molecule has 0 aliphatic rings. The van der Waals surface area contributed by atoms with E-state index in [4.69, 9.17) is 10.3 Å². The number of hydrogen-bond donors (Lipinski definition) is 1. The van der Waals surface area contributed by atoms with Crippen LogP contribution < -0.4 is 5.32 Å². The van der Waals surface area contributed by atoms with Gasteiger partial charge in [0.15, 0.2) is 0 Å². The zero-order valence-electron chi connectivity index (χ0n) is 8.81. The van der Waals surface area contributed by atoms with Crippen LogP contribution in [-0.4, -0.2) is 45.9 Å². The summed E-state index contributed by atoms with van der Waals surface area (Å²) in [5.41, 5.74) is 7.96. The minimum absolute atomic E-state index is 0.230. The van der Waals surface area contributed by atoms with E-state index in [-0.39, 0.29) is 5.97 Å². The first-order valence-electron chi connectivity index (χ1n) is 4.67. The van der Waals surface area contributed by atoms with Crippen LogP contribution in [0.5, 0.6) is 0 Å². The summed E-state index contributed by atoms with van der Waals surface area (Å²) < 4.78 is 9.59. The van der Waals surface area contributed by atoms with Gasteiger partial charge in [0, 0.05) is 24.5 Å². The molecule has 0 aromatic heterocycles. The van der Waals surface area contributed by atoms with Crippen LogP contribution in [0.25, 0.3) is 10.4 Å². The average Bonchev–Trinajstić information content (AvgIpc) is 2.26. The lowest BCUT2D eigenvalue weighted by atomic mass is 10.4. The molecule has 1 N–H and O–H groups in total. The van der Waals surface area contributed by atoms with E-state index in [1.54, 1.807) is 0 Å². The summed E-state index contributed by atoms with van der Waals surface area (Å²) in [6, 6.07) is 0. The number of rotatable bonds is 9. The maximum Gasteiger partial charge on any atom is 0.306 e. The topological polar surface area (TPSA) is 96.3 Å². The van der Waals surface area contributed by atoms with Crippen LogP contribution in [0.15, 0.2) is 5.11 Å². The van der Waals surface area contributed by atoms with Crippen LogP contribution in [-0.2, 0) is 14.3 Å². The summed E-state index contributed by atoms with van der Waals surface area (Å²) >= 11 is 0. The fourth-order valence-electron chi connectivity index (χ4n) is 0.814. The summed E-state index contributed by atoms with van der Waals surface area (Å²) in [5.74, 6) is -0.230. The predicted octanol–water partition coefficient (Wildman–Crippen LogP) is 0.466. The highest BCUT2D eigenvalue weighted by molar-refractivity contribution is 5.69. The maximum atomic E-state index is 10.7. The van der Waals surface area contributed by atoms with Gasteiger partial charge >= 0.3 is 5.97 Å². The van der Waals surface area contributed by atoms with E-state index < -0.39 is 0 Å². The van der Waals surface area contributed by atoms with Gasteiger partial charge in [-0.15, -0.1) is 0 Å². The number of carbonyl (C=O) groups excluding carboxylic acids is 1. The van der Waals surface area contributed by atoms with Crippen molar-refractivity contribution in [2.24, 2.45) is 5.11 Å². The monoisotopic (exact) mass is 216 g/mol. The largest absolute Gasteiger partial charge is 0.469 e. The summed E-state index contributed by atoms with van der Waals surface area (Å²) in [4.78, 5) is 13.3. The Bertz CT molecular complexity index is 216. The quantitative estimate of drug-likeness (QED) is 0.199. The Hall–Kier alpha value is -1.30. The Morgan fingerprint density at radius 1 is 1.47 bits per heavy atom. The van der Waals surface area contributed by atoms with Crippen LogP contribution in [0.4, 0.5) is 0 Å². The minimum Gasteiger partial charge on any atom is -0.469 e. The highest BCUT2D eigenvalue weighted by atomic mass is 16.5. The fourth-order valence-corrected chi connectivity index (χ4v) is 0.814. The highest BCUT2D eigenvalue weighted by Crippen LogP contribution is 1.81. The molecule has 0 aliphatic heterocycles. The molecule has 0 aromatic rings. The van der Waals surface area contributed by atoms with Crippen LogP contribution in [0, 0.1) is 0 Å². The summed E-state index contributed by atoms with van der Waals surface area (Å²) in [6.07, 6.45) is 0.356. The van der Waals surface area contributed by atoms with E-state index >= 15 is 0 Å². The van der Waals surface area contributed by atoms with Gasteiger partial charge in [-0.1, -0.05) is 5.11 Å². The molecular weight excluding hydrogens is 200 g/mol. The number of nitrogens with zero attached hydrogens (tertiary/aromatic N) is 3. The van der Waals surface area contributed by atoms with Crippen LogP contribution in [0.1, 0.15) is 6.42 Å². The first-order chi connectivity index (χ1) is 7.31. The molecule has 0 fully saturated rings. The fraction of sp³-hybridized carbons (Fsp3) is 0.875. The highest BCUT2D eigenvalue weighted by Gasteiger charge is 1.97. The van der Waals surface area contributed by atoms with Crippen molar-refractivity contribution in [3.8, 4) is 0 Å². The van der Waals surface area contributed by atoms with E-state index in [2.05, 4.69) is 20.1 Å². The molecular formula is C8H16N4O3. The van der Waals surface area contributed by atoms with Crippen molar-refractivity contribution < 1.29 is 14.3 Å². The summed E-state index contributed by atoms with van der Waals surface area (Å²) in [7, 11) is 1.36. The maximum absolute atomic E-state index is 10.7. The molecule has 86 valence electrons. The van der Waals surface area contributed by atoms with Gasteiger partial charge in [-0.3, -0.25) is 4.79 Å². The van der Waals surface area contributed by atoms with Gasteiger partial charge in [0.1, 0.15) is 0 Å². The summed E-state index contributed by atoms with van der Waals surface area (Å²) in [5, 5.41) is 6.33. The zero-order chi connectivity index (χ0) is 11.4. The second kappa shape index (κ2) is 10.8. The first kappa shape index (κ1) is 13.7. The third-order valence-corrected chi connectivity index (χ3v) is 1.56. The lowest BCUT2D eigenvalue weighted by Gasteiger charge is -2.04. The number of carbonyl (C=O) groups is 1. The smallest absolute Gasteiger partial charge is 0.306 e. The molecule has 0 spiro atoms. The molecule has 0 radical (unpaired) electrons. The van der Waals surface area contributed by atoms with Crippen molar-refractivity contribution in [2.45, 2.75) is 6.42 Å². The normalized spacial score (nSPS) is 9.40. The molecule has 0 amide bonds. The van der Waals surface area contributed by atoms with Crippen molar-refractivity contribution in [1.29, 1.82) is 0 Å². The second-order valence-corrected chi connectivity index (χ2v) is 2.64. The van der Waals surface area contributed by atoms with E-state index in [0.717, 1.165) is 0 Å². The Labute approximate surface area is 88.4 Å². The molecule has 0 saturated carbocycles. The average molecular weight is 216 g/mol. The lowest BCUT2D eigenvalue weighted by Crippen LogP contribution is -2.23. The van der Waals surface area contributed by atoms with Crippen LogP contribution >= 0.6 is 0 Å². The molecule has 15 heavy (non-hydrogen) atoms. The molecule has 0 heterocycles. The summed E-state index contributed by atoms with van der Waals surface area (Å²) in [6.45, 7) is 2.53. The van der Waals surface area contributed by atoms with Gasteiger partial charge in [0.05, 0.1) is 26.7 Å². The van der Waals surface area contributed by atoms with Gasteiger partial charge in [-0.25, -0.2) is 0 Å². The molecule has 0 aromatic carbocycles. The SMILES string of the molecule is COC(=O)CCNCCOCCN=[N+]=[N-]. The van der Waals surface area contributed by atoms with E-state index in [1.165, 1.54) is 7.11 Å². The molecule has 0 atom stereocenters. The Kier molecular flexibility index (Phi) is 9.84. The minimum atomic E-state index is -0.230. The molecule has 0 unspecified atom stereocenters. The number of ether oxygens (including phenoxy) is 2. The van der Waals surface area contributed by atoms with Crippen LogP contribution in [0.2, 0.25) is 0 Å². The van der Waals surface area contributed by atoms with Gasteiger partial charge in [0.2, 0.25) is 0 Å². The lowest BCUT2D eigenvalue weighted by molar-refractivity contribution is -0.140. The number of azide groups is 1. The predicted molar refractivity (Wildman–Crippen MR) is 54.3 cm³/mol. The standard InChI is InChI=1S/C8H16N4O3/c1-14-8(13)2-3-10-4-6-15-7-5-11-12-9/h10H,2-7H2,1H3. The molecule has 0 bridgehead atoms. The van der Waals surface area contributed by atoms with E-state index in [1.807, 2.05) is 0 Å². The van der Waals surface area contributed by atoms with Crippen molar-refractivity contribution in [3.63, 3.8) is 0 Å². The third kappa shape index (κ3) is 10.6. The van der Waals surface area contributed by atoms with Crippen molar-refractivity contribution >= 4 is 5.97 Å². The number of nitrogens with one attached hydrogen (secondary N) is 1. The first-order valence-corrected chi connectivity index (χ1v) is 4.67. The van der Waals surface area contributed by atoms with Gasteiger partial charge in [0.25, 0.3) is 0 Å². The Balaban J connectivity index is 3.05. The third-order valence-electron chi connectivity index (χ3n) is 1.56. The molecule has 0 saturated heterocycles. The van der Waals surface area contributed by atoms with Gasteiger partial charge < -0.3 is 14.8 Å². The van der Waals surface area contributed by atoms with E-state index in [0.29, 0.717) is 39.3 Å². The van der Waals surface area contributed by atoms with Gasteiger partial charge in [-0.05, 0) is 5.53 Å². The number of methoxy groups -OCH3 is 1. The molecule has 0 aliphatic carbocycles. The zero-order valence-corrected chi connectivity index (χ0v) is 8.81. The second-order valence-electron chi connectivity index (χ2n) is 2.64. The molecule has 7 nitrogen and oxygen atoms in total.